The van der Waals surface area contributed by atoms with E-state index in [1.807, 2.05) is 0 Å². The third-order valence-electron chi connectivity index (χ3n) is 1.12. The minimum absolute atomic E-state index is 0.292. The van der Waals surface area contributed by atoms with Crippen LogP contribution in [0.3, 0.4) is 0 Å². The van der Waals surface area contributed by atoms with Gasteiger partial charge in [0.15, 0.2) is 0 Å². The summed E-state index contributed by atoms with van der Waals surface area (Å²) in [5, 5.41) is 0. The Kier molecular flexibility index (Phi) is 1.30. The van der Waals surface area contributed by atoms with Crippen LogP contribution >= 0.6 is 0 Å². The molecule has 4 nitrogen and oxygen atoms in total. The fourth-order valence-corrected chi connectivity index (χ4v) is 1.53. The Morgan fingerprint density at radius 3 is 2.33 bits per heavy atom. The highest BCUT2D eigenvalue weighted by Crippen LogP contribution is 2.26. The Morgan fingerprint density at radius 2 is 2.22 bits per heavy atom. The van der Waals surface area contributed by atoms with Gasteiger partial charge in [-0.25, -0.2) is 0 Å². The first kappa shape index (κ1) is 6.98. The first-order valence-electron chi connectivity index (χ1n) is 2.50. The lowest BCUT2D eigenvalue weighted by molar-refractivity contribution is 0.339. The monoisotopic (exact) mass is 152 g/mol. The van der Waals surface area contributed by atoms with Gasteiger partial charge in [-0.15, -0.1) is 0 Å². The fourth-order valence-electron chi connectivity index (χ4n) is 0.592. The van der Waals surface area contributed by atoms with Crippen molar-refractivity contribution in [3.63, 3.8) is 0 Å². The largest absolute Gasteiger partial charge is 0.369 e. The maximum absolute atomic E-state index is 10.2. The van der Waals surface area contributed by atoms with Crippen LogP contribution in [0, 0.1) is 0 Å². The smallest absolute Gasteiger partial charge is 0.267 e. The van der Waals surface area contributed by atoms with Crippen LogP contribution in [0.15, 0.2) is 0 Å². The average molecular weight is 152 g/mol. The van der Waals surface area contributed by atoms with Gasteiger partial charge in [-0.3, -0.25) is 4.55 Å². The lowest BCUT2D eigenvalue weighted by atomic mass is 10.3. The molecule has 1 aliphatic heterocycles. The van der Waals surface area contributed by atoms with Gasteiger partial charge in [0.25, 0.3) is 10.1 Å². The zero-order valence-electron chi connectivity index (χ0n) is 4.99. The van der Waals surface area contributed by atoms with Crippen LogP contribution in [0.5, 0.6) is 0 Å². The molecule has 0 aromatic heterocycles. The molecule has 0 radical (unpaired) electrons. The summed E-state index contributed by atoms with van der Waals surface area (Å²) in [5.74, 6) is -0.292. The second-order valence-electron chi connectivity index (χ2n) is 2.46. The minimum atomic E-state index is -3.84. The van der Waals surface area contributed by atoms with E-state index in [0.717, 1.165) is 0 Å². The number of rotatable bonds is 2. The lowest BCUT2D eigenvalue weighted by Crippen LogP contribution is -2.19. The van der Waals surface area contributed by atoms with Gasteiger partial charge in [-0.05, 0) is 6.92 Å². The summed E-state index contributed by atoms with van der Waals surface area (Å²) in [6, 6.07) is 0. The maximum Gasteiger partial charge on any atom is 0.267 e. The minimum Gasteiger partial charge on any atom is -0.369 e. The van der Waals surface area contributed by atoms with Gasteiger partial charge in [0.2, 0.25) is 0 Å². The molecule has 1 heterocycles. The van der Waals surface area contributed by atoms with Crippen molar-refractivity contribution in [2.75, 3.05) is 12.4 Å². The van der Waals surface area contributed by atoms with Crippen molar-refractivity contribution in [2.24, 2.45) is 0 Å². The van der Waals surface area contributed by atoms with Gasteiger partial charge in [-0.2, -0.15) is 8.42 Å². The first-order chi connectivity index (χ1) is 3.91. The predicted molar refractivity (Wildman–Crippen MR) is 30.8 cm³/mol. The molecule has 0 saturated carbocycles. The van der Waals surface area contributed by atoms with E-state index < -0.39 is 15.7 Å². The summed E-state index contributed by atoms with van der Waals surface area (Å²) in [7, 11) is -3.84. The summed E-state index contributed by atoms with van der Waals surface area (Å²) in [4.78, 5) is 0. The van der Waals surface area contributed by atoms with E-state index in [2.05, 4.69) is 0 Å². The molecule has 5 heteroatoms. The van der Waals surface area contributed by atoms with Gasteiger partial charge in [-0.1, -0.05) is 0 Å². The van der Waals surface area contributed by atoms with E-state index >= 15 is 0 Å². The standard InChI is InChI=1S/C4H8O4S/c1-4(2-8-4)3-9(5,6)7/h2-3H2,1H3,(H,5,6,7). The molecule has 0 aliphatic carbocycles. The first-order valence-corrected chi connectivity index (χ1v) is 4.11. The molecule has 1 unspecified atom stereocenters. The maximum atomic E-state index is 10.2. The van der Waals surface area contributed by atoms with Crippen LogP contribution < -0.4 is 0 Å². The van der Waals surface area contributed by atoms with Crippen molar-refractivity contribution in [3.8, 4) is 0 Å². The van der Waals surface area contributed by atoms with Gasteiger partial charge in [0.05, 0.1) is 6.61 Å². The van der Waals surface area contributed by atoms with Gasteiger partial charge in [0, 0.05) is 0 Å². The fraction of sp³-hybridized carbons (Fsp3) is 1.00. The molecule has 1 aliphatic rings. The van der Waals surface area contributed by atoms with Crippen LogP contribution in [0.1, 0.15) is 6.92 Å². The molecule has 1 fully saturated rings. The highest BCUT2D eigenvalue weighted by atomic mass is 32.2. The Hall–Kier alpha value is -0.130. The Labute approximate surface area is 53.6 Å². The van der Waals surface area contributed by atoms with E-state index in [0.29, 0.717) is 6.61 Å². The summed E-state index contributed by atoms with van der Waals surface area (Å²) < 4.78 is 33.3. The van der Waals surface area contributed by atoms with Crippen molar-refractivity contribution in [3.05, 3.63) is 0 Å². The number of hydrogen-bond acceptors (Lipinski definition) is 3. The molecule has 0 aromatic rings. The highest BCUT2D eigenvalue weighted by Gasteiger charge is 2.43. The van der Waals surface area contributed by atoms with Crippen LogP contribution in [0.4, 0.5) is 0 Å². The van der Waals surface area contributed by atoms with Crippen molar-refractivity contribution in [1.29, 1.82) is 0 Å². The summed E-state index contributed by atoms with van der Waals surface area (Å²) in [6.45, 7) is 2.06. The number of epoxide rings is 1. The average Bonchev–Trinajstić information content (AvgIpc) is 2.12. The van der Waals surface area contributed by atoms with E-state index in [1.165, 1.54) is 0 Å². The molecular formula is C4H8O4S. The van der Waals surface area contributed by atoms with E-state index in [-0.39, 0.29) is 5.75 Å². The molecule has 0 spiro atoms. The lowest BCUT2D eigenvalue weighted by Gasteiger charge is -1.98. The third-order valence-corrected chi connectivity index (χ3v) is 2.10. The number of hydrogen-bond donors (Lipinski definition) is 1. The van der Waals surface area contributed by atoms with Crippen LogP contribution in [-0.4, -0.2) is 30.9 Å². The third kappa shape index (κ3) is 2.30. The molecule has 1 N–H and O–H groups in total. The Morgan fingerprint density at radius 1 is 1.78 bits per heavy atom. The quantitative estimate of drug-likeness (QED) is 0.434. The summed E-state index contributed by atoms with van der Waals surface area (Å²) in [6.07, 6.45) is 0. The van der Waals surface area contributed by atoms with E-state index in [4.69, 9.17) is 9.29 Å². The van der Waals surface area contributed by atoms with Gasteiger partial charge < -0.3 is 4.74 Å². The molecule has 1 atom stereocenters. The topological polar surface area (TPSA) is 66.9 Å². The van der Waals surface area contributed by atoms with Crippen molar-refractivity contribution >= 4 is 10.1 Å². The van der Waals surface area contributed by atoms with Crippen LogP contribution in [0.2, 0.25) is 0 Å². The van der Waals surface area contributed by atoms with Crippen molar-refractivity contribution < 1.29 is 17.7 Å². The molecule has 54 valence electrons. The Bertz CT molecular complexity index is 201. The molecule has 9 heavy (non-hydrogen) atoms. The van der Waals surface area contributed by atoms with Gasteiger partial charge >= 0.3 is 0 Å². The SMILES string of the molecule is CC1(CS(=O)(=O)O)CO1. The second kappa shape index (κ2) is 1.68. The van der Waals surface area contributed by atoms with Crippen molar-refractivity contribution in [1.82, 2.24) is 0 Å². The van der Waals surface area contributed by atoms with E-state index in [1.54, 1.807) is 6.92 Å². The normalized spacial score (nSPS) is 34.4. The van der Waals surface area contributed by atoms with Gasteiger partial charge in [0.1, 0.15) is 11.4 Å². The summed E-state index contributed by atoms with van der Waals surface area (Å²) in [5.41, 5.74) is -0.604. The number of ether oxygens (including phenoxy) is 1. The zero-order chi connectivity index (χ0) is 7.12. The zero-order valence-corrected chi connectivity index (χ0v) is 5.81. The summed E-state index contributed by atoms with van der Waals surface area (Å²) >= 11 is 0. The highest BCUT2D eigenvalue weighted by molar-refractivity contribution is 7.85. The second-order valence-corrected chi connectivity index (χ2v) is 3.92. The predicted octanol–water partition coefficient (Wildman–Crippen LogP) is -0.337. The molecule has 1 rings (SSSR count). The molecule has 0 bridgehead atoms. The van der Waals surface area contributed by atoms with Crippen LogP contribution in [-0.2, 0) is 14.9 Å². The van der Waals surface area contributed by atoms with E-state index in [9.17, 15) is 8.42 Å². The van der Waals surface area contributed by atoms with Crippen molar-refractivity contribution in [2.45, 2.75) is 12.5 Å². The molecule has 0 aromatic carbocycles. The molecule has 1 saturated heterocycles. The molecule has 0 amide bonds. The molecular weight excluding hydrogens is 144 g/mol. The van der Waals surface area contributed by atoms with Crippen LogP contribution in [0.25, 0.3) is 0 Å². The Balaban J connectivity index is 2.53.